The van der Waals surface area contributed by atoms with Crippen molar-refractivity contribution in [3.8, 4) is 11.5 Å². The number of hydrogen-bond acceptors (Lipinski definition) is 2. The Morgan fingerprint density at radius 3 is 2.00 bits per heavy atom. The van der Waals surface area contributed by atoms with E-state index in [-0.39, 0.29) is 5.41 Å². The van der Waals surface area contributed by atoms with E-state index in [0.717, 1.165) is 23.1 Å². The molecule has 0 aliphatic rings. The summed E-state index contributed by atoms with van der Waals surface area (Å²) in [6, 6.07) is 11.6. The SMILES string of the molecule is Cc1cc(C(C)(C)c2ccc(O)c(CC(C)C)c2)ccc1O. The van der Waals surface area contributed by atoms with Gasteiger partial charge in [0.2, 0.25) is 0 Å². The average Bonchev–Trinajstić information content (AvgIpc) is 2.43. The third-order valence-corrected chi connectivity index (χ3v) is 4.35. The molecule has 0 aliphatic carbocycles. The lowest BCUT2D eigenvalue weighted by Gasteiger charge is -2.27. The number of aromatic hydroxyl groups is 2. The first kappa shape index (κ1) is 16.4. The fourth-order valence-corrected chi connectivity index (χ4v) is 2.79. The van der Waals surface area contributed by atoms with Crippen LogP contribution in [0.15, 0.2) is 36.4 Å². The highest BCUT2D eigenvalue weighted by Gasteiger charge is 2.24. The molecule has 0 spiro atoms. The molecular weight excluding hydrogens is 272 g/mol. The van der Waals surface area contributed by atoms with Crippen molar-refractivity contribution >= 4 is 0 Å². The molecule has 2 N–H and O–H groups in total. The summed E-state index contributed by atoms with van der Waals surface area (Å²) >= 11 is 0. The third-order valence-electron chi connectivity index (χ3n) is 4.35. The maximum absolute atomic E-state index is 10.1. The average molecular weight is 298 g/mol. The maximum Gasteiger partial charge on any atom is 0.118 e. The summed E-state index contributed by atoms with van der Waals surface area (Å²) in [5, 5.41) is 19.8. The zero-order valence-corrected chi connectivity index (χ0v) is 14.1. The molecule has 0 atom stereocenters. The van der Waals surface area contributed by atoms with Crippen molar-refractivity contribution in [3.63, 3.8) is 0 Å². The molecule has 0 unspecified atom stereocenters. The maximum atomic E-state index is 10.1. The Labute approximate surface area is 133 Å². The fraction of sp³-hybridized carbons (Fsp3) is 0.400. The summed E-state index contributed by atoms with van der Waals surface area (Å²) in [6.07, 6.45) is 0.865. The van der Waals surface area contributed by atoms with E-state index in [2.05, 4.69) is 33.8 Å². The van der Waals surface area contributed by atoms with Gasteiger partial charge in [-0.2, -0.15) is 0 Å². The van der Waals surface area contributed by atoms with E-state index in [1.807, 2.05) is 25.1 Å². The Balaban J connectivity index is 2.46. The van der Waals surface area contributed by atoms with E-state index < -0.39 is 0 Å². The van der Waals surface area contributed by atoms with Crippen molar-refractivity contribution in [3.05, 3.63) is 58.7 Å². The molecule has 118 valence electrons. The van der Waals surface area contributed by atoms with Gasteiger partial charge in [0.1, 0.15) is 11.5 Å². The number of rotatable bonds is 4. The van der Waals surface area contributed by atoms with Gasteiger partial charge in [-0.25, -0.2) is 0 Å². The molecule has 2 aromatic rings. The molecule has 0 saturated heterocycles. The predicted molar refractivity (Wildman–Crippen MR) is 91.6 cm³/mol. The summed E-state index contributed by atoms with van der Waals surface area (Å²) in [7, 11) is 0. The first-order valence-electron chi connectivity index (χ1n) is 7.84. The van der Waals surface area contributed by atoms with E-state index >= 15 is 0 Å². The molecule has 0 amide bonds. The largest absolute Gasteiger partial charge is 0.508 e. The monoisotopic (exact) mass is 298 g/mol. The number of benzene rings is 2. The van der Waals surface area contributed by atoms with Crippen molar-refractivity contribution in [1.82, 2.24) is 0 Å². The highest BCUT2D eigenvalue weighted by molar-refractivity contribution is 5.46. The molecule has 0 fully saturated rings. The molecule has 0 aliphatic heterocycles. The Morgan fingerprint density at radius 2 is 1.45 bits per heavy atom. The highest BCUT2D eigenvalue weighted by atomic mass is 16.3. The second kappa shape index (κ2) is 6.04. The van der Waals surface area contributed by atoms with Crippen LogP contribution in [0, 0.1) is 12.8 Å². The minimum atomic E-state index is -0.183. The topological polar surface area (TPSA) is 40.5 Å². The van der Waals surface area contributed by atoms with Crippen LogP contribution in [0.5, 0.6) is 11.5 Å². The van der Waals surface area contributed by atoms with E-state index in [1.54, 1.807) is 12.1 Å². The summed E-state index contributed by atoms with van der Waals surface area (Å²) in [5.41, 5.74) is 4.02. The van der Waals surface area contributed by atoms with Gasteiger partial charge in [0.05, 0.1) is 0 Å². The van der Waals surface area contributed by atoms with E-state index in [1.165, 1.54) is 5.56 Å². The zero-order chi connectivity index (χ0) is 16.5. The van der Waals surface area contributed by atoms with Gasteiger partial charge >= 0.3 is 0 Å². The van der Waals surface area contributed by atoms with E-state index in [4.69, 9.17) is 0 Å². The fourth-order valence-electron chi connectivity index (χ4n) is 2.79. The molecule has 0 heterocycles. The van der Waals surface area contributed by atoms with Crippen LogP contribution in [0.3, 0.4) is 0 Å². The van der Waals surface area contributed by atoms with Crippen molar-refractivity contribution in [2.45, 2.75) is 46.5 Å². The summed E-state index contributed by atoms with van der Waals surface area (Å²) < 4.78 is 0. The third kappa shape index (κ3) is 3.27. The molecule has 2 rings (SSSR count). The molecule has 0 radical (unpaired) electrons. The normalized spacial score (nSPS) is 11.9. The van der Waals surface area contributed by atoms with E-state index in [0.29, 0.717) is 17.4 Å². The highest BCUT2D eigenvalue weighted by Crippen LogP contribution is 2.36. The van der Waals surface area contributed by atoms with Crippen LogP contribution in [-0.2, 0) is 11.8 Å². The lowest BCUT2D eigenvalue weighted by molar-refractivity contribution is 0.461. The molecule has 22 heavy (non-hydrogen) atoms. The Bertz CT molecular complexity index is 669. The molecule has 2 aromatic carbocycles. The standard InChI is InChI=1S/C20H26O2/c1-13(2)10-15-12-17(7-9-19(15)22)20(4,5)16-6-8-18(21)14(3)11-16/h6-9,11-13,21-22H,10H2,1-5H3. The van der Waals surface area contributed by atoms with Crippen molar-refractivity contribution in [2.24, 2.45) is 5.92 Å². The van der Waals surface area contributed by atoms with Gasteiger partial charge in [-0.1, -0.05) is 52.0 Å². The summed E-state index contributed by atoms with van der Waals surface area (Å²) in [4.78, 5) is 0. The van der Waals surface area contributed by atoms with Gasteiger partial charge in [-0.05, 0) is 53.6 Å². The van der Waals surface area contributed by atoms with Gasteiger partial charge < -0.3 is 10.2 Å². The number of aryl methyl sites for hydroxylation is 1. The molecule has 2 nitrogen and oxygen atoms in total. The minimum absolute atomic E-state index is 0.183. The Morgan fingerprint density at radius 1 is 0.909 bits per heavy atom. The quantitative estimate of drug-likeness (QED) is 0.840. The van der Waals surface area contributed by atoms with Crippen LogP contribution in [-0.4, -0.2) is 10.2 Å². The van der Waals surface area contributed by atoms with E-state index in [9.17, 15) is 10.2 Å². The van der Waals surface area contributed by atoms with Crippen LogP contribution < -0.4 is 0 Å². The van der Waals surface area contributed by atoms with Gasteiger partial charge in [0.15, 0.2) is 0 Å². The molecule has 0 saturated carbocycles. The number of phenols is 2. The van der Waals surface area contributed by atoms with Crippen molar-refractivity contribution in [1.29, 1.82) is 0 Å². The molecule has 0 aromatic heterocycles. The lowest BCUT2D eigenvalue weighted by atomic mass is 9.77. The molecule has 0 bridgehead atoms. The van der Waals surface area contributed by atoms with Gasteiger partial charge in [0, 0.05) is 5.41 Å². The first-order valence-corrected chi connectivity index (χ1v) is 7.84. The predicted octanol–water partition coefficient (Wildman–Crippen LogP) is 4.93. The van der Waals surface area contributed by atoms with Gasteiger partial charge in [0.25, 0.3) is 0 Å². The van der Waals surface area contributed by atoms with Crippen LogP contribution in [0.1, 0.15) is 49.9 Å². The molecular formula is C20H26O2. The van der Waals surface area contributed by atoms with Gasteiger partial charge in [-0.3, -0.25) is 0 Å². The van der Waals surface area contributed by atoms with Crippen LogP contribution in [0.25, 0.3) is 0 Å². The van der Waals surface area contributed by atoms with Crippen molar-refractivity contribution in [2.75, 3.05) is 0 Å². The van der Waals surface area contributed by atoms with Crippen LogP contribution in [0.2, 0.25) is 0 Å². The summed E-state index contributed by atoms with van der Waals surface area (Å²) in [6.45, 7) is 10.6. The van der Waals surface area contributed by atoms with Gasteiger partial charge in [-0.15, -0.1) is 0 Å². The minimum Gasteiger partial charge on any atom is -0.508 e. The van der Waals surface area contributed by atoms with Crippen molar-refractivity contribution < 1.29 is 10.2 Å². The van der Waals surface area contributed by atoms with Crippen LogP contribution >= 0.6 is 0 Å². The zero-order valence-electron chi connectivity index (χ0n) is 14.1. The van der Waals surface area contributed by atoms with Crippen LogP contribution in [0.4, 0.5) is 0 Å². The Kier molecular flexibility index (Phi) is 4.50. The Hall–Kier alpha value is -1.96. The lowest BCUT2D eigenvalue weighted by Crippen LogP contribution is -2.19. The smallest absolute Gasteiger partial charge is 0.118 e. The summed E-state index contributed by atoms with van der Waals surface area (Å²) in [5.74, 6) is 1.20. The second-order valence-corrected chi connectivity index (χ2v) is 7.07. The number of phenolic OH excluding ortho intramolecular Hbond substituents is 2. The number of hydrogen-bond donors (Lipinski definition) is 2. The first-order chi connectivity index (χ1) is 10.2. The molecule has 2 heteroatoms. The second-order valence-electron chi connectivity index (χ2n) is 7.07.